The smallest absolute Gasteiger partial charge is 0.144 e. The van der Waals surface area contributed by atoms with Crippen LogP contribution in [0.15, 0.2) is 144 Å². The van der Waals surface area contributed by atoms with Crippen LogP contribution in [0.3, 0.4) is 0 Å². The molecule has 6 aromatic carbocycles. The lowest BCUT2D eigenvalue weighted by molar-refractivity contribution is 0.673. The molecule has 8 aromatic rings. The molecule has 0 aliphatic rings. The van der Waals surface area contributed by atoms with E-state index in [1.165, 1.54) is 31.3 Å². The van der Waals surface area contributed by atoms with E-state index in [1.807, 2.05) is 17.4 Å². The second-order valence-corrected chi connectivity index (χ2v) is 10.8. The van der Waals surface area contributed by atoms with Crippen molar-refractivity contribution in [1.29, 1.82) is 0 Å². The number of benzene rings is 6. The molecular weight excluding hydrogens is 494 g/mol. The number of hydrogen-bond acceptors (Lipinski definition) is 3. The van der Waals surface area contributed by atoms with Gasteiger partial charge in [-0.15, -0.1) is 11.3 Å². The lowest BCUT2D eigenvalue weighted by Gasteiger charge is -2.26. The van der Waals surface area contributed by atoms with Gasteiger partial charge >= 0.3 is 0 Å². The average molecular weight is 518 g/mol. The van der Waals surface area contributed by atoms with Gasteiger partial charge in [0.25, 0.3) is 0 Å². The minimum absolute atomic E-state index is 0.925. The van der Waals surface area contributed by atoms with Crippen LogP contribution >= 0.6 is 11.3 Å². The Bertz CT molecular complexity index is 2080. The highest BCUT2D eigenvalue weighted by Gasteiger charge is 2.20. The third kappa shape index (κ3) is 3.55. The summed E-state index contributed by atoms with van der Waals surface area (Å²) in [7, 11) is 0. The lowest BCUT2D eigenvalue weighted by Crippen LogP contribution is -2.09. The van der Waals surface area contributed by atoms with Crippen LogP contribution in [0.5, 0.6) is 0 Å². The molecule has 0 spiro atoms. The Labute approximate surface area is 230 Å². The summed E-state index contributed by atoms with van der Waals surface area (Å²) in [6.45, 7) is 0. The number of fused-ring (bicyclic) bond motifs is 7. The second-order valence-electron chi connectivity index (χ2n) is 9.76. The average Bonchev–Trinajstić information content (AvgIpc) is 3.57. The van der Waals surface area contributed by atoms with Gasteiger partial charge in [0.15, 0.2) is 0 Å². The fraction of sp³-hybridized carbons (Fsp3) is 0. The van der Waals surface area contributed by atoms with Crippen molar-refractivity contribution in [2.24, 2.45) is 0 Å². The van der Waals surface area contributed by atoms with Crippen LogP contribution in [-0.4, -0.2) is 0 Å². The molecule has 2 heterocycles. The largest absolute Gasteiger partial charge is 0.455 e. The van der Waals surface area contributed by atoms with Crippen LogP contribution < -0.4 is 4.90 Å². The Morgan fingerprint density at radius 2 is 1.15 bits per heavy atom. The van der Waals surface area contributed by atoms with Crippen LogP contribution in [0.25, 0.3) is 53.2 Å². The first-order chi connectivity index (χ1) is 19.3. The van der Waals surface area contributed by atoms with E-state index < -0.39 is 0 Å². The van der Waals surface area contributed by atoms with Gasteiger partial charge in [-0.25, -0.2) is 0 Å². The van der Waals surface area contributed by atoms with E-state index in [2.05, 4.69) is 138 Å². The Hall–Kier alpha value is -4.86. The summed E-state index contributed by atoms with van der Waals surface area (Å²) in [6, 6.07) is 49.4. The van der Waals surface area contributed by atoms with Gasteiger partial charge in [0.2, 0.25) is 0 Å². The molecule has 3 heteroatoms. The van der Waals surface area contributed by atoms with E-state index >= 15 is 0 Å². The van der Waals surface area contributed by atoms with Gasteiger partial charge in [-0.1, -0.05) is 84.9 Å². The fourth-order valence-corrected chi connectivity index (χ4v) is 6.93. The van der Waals surface area contributed by atoms with E-state index in [9.17, 15) is 0 Å². The van der Waals surface area contributed by atoms with Gasteiger partial charge in [0.1, 0.15) is 11.2 Å². The molecule has 0 saturated carbocycles. The normalized spacial score (nSPS) is 11.6. The van der Waals surface area contributed by atoms with Crippen molar-refractivity contribution in [2.45, 2.75) is 0 Å². The van der Waals surface area contributed by atoms with Gasteiger partial charge in [-0.3, -0.25) is 0 Å². The van der Waals surface area contributed by atoms with Crippen molar-refractivity contribution in [3.8, 4) is 11.1 Å². The van der Waals surface area contributed by atoms with E-state index in [0.29, 0.717) is 0 Å². The summed E-state index contributed by atoms with van der Waals surface area (Å²) in [6.07, 6.45) is 0. The summed E-state index contributed by atoms with van der Waals surface area (Å²) >= 11 is 1.84. The maximum Gasteiger partial charge on any atom is 0.144 e. The fourth-order valence-electron chi connectivity index (χ4n) is 5.69. The summed E-state index contributed by atoms with van der Waals surface area (Å²) in [5.74, 6) is 0. The van der Waals surface area contributed by atoms with Gasteiger partial charge in [0, 0.05) is 53.6 Å². The van der Waals surface area contributed by atoms with Crippen LogP contribution in [0.4, 0.5) is 17.1 Å². The topological polar surface area (TPSA) is 16.4 Å². The first kappa shape index (κ1) is 22.2. The van der Waals surface area contributed by atoms with E-state index in [-0.39, 0.29) is 0 Å². The summed E-state index contributed by atoms with van der Waals surface area (Å²) in [5, 5.41) is 4.75. The SMILES string of the molecule is c1ccc(N(c2ccccc2)c2cccc(-c3cc4c5ccccc5oc4c4c3sc3ccccc34)c2)cc1. The molecule has 0 aliphatic carbocycles. The van der Waals surface area contributed by atoms with Crippen LogP contribution in [-0.2, 0) is 0 Å². The Balaban J connectivity index is 1.42. The van der Waals surface area contributed by atoms with E-state index in [0.717, 1.165) is 39.0 Å². The molecule has 0 radical (unpaired) electrons. The van der Waals surface area contributed by atoms with Crippen LogP contribution in [0.2, 0.25) is 0 Å². The maximum absolute atomic E-state index is 6.50. The zero-order valence-corrected chi connectivity index (χ0v) is 21.9. The van der Waals surface area contributed by atoms with Crippen molar-refractivity contribution < 1.29 is 4.42 Å². The number of hydrogen-bond donors (Lipinski definition) is 0. The van der Waals surface area contributed by atoms with Crippen molar-refractivity contribution >= 4 is 70.5 Å². The summed E-state index contributed by atoms with van der Waals surface area (Å²) in [4.78, 5) is 2.32. The van der Waals surface area contributed by atoms with Crippen molar-refractivity contribution in [1.82, 2.24) is 0 Å². The van der Waals surface area contributed by atoms with Gasteiger partial charge in [0.05, 0.1) is 0 Å². The van der Waals surface area contributed by atoms with Crippen molar-refractivity contribution in [3.63, 3.8) is 0 Å². The number of thiophene rings is 1. The number of nitrogens with zero attached hydrogens (tertiary/aromatic N) is 1. The Morgan fingerprint density at radius 1 is 0.513 bits per heavy atom. The van der Waals surface area contributed by atoms with Crippen LogP contribution in [0.1, 0.15) is 0 Å². The predicted molar refractivity (Wildman–Crippen MR) is 167 cm³/mol. The highest BCUT2D eigenvalue weighted by molar-refractivity contribution is 7.26. The zero-order chi connectivity index (χ0) is 25.8. The lowest BCUT2D eigenvalue weighted by atomic mass is 9.98. The summed E-state index contributed by atoms with van der Waals surface area (Å²) < 4.78 is 9.03. The molecule has 0 unspecified atom stereocenters. The monoisotopic (exact) mass is 517 g/mol. The molecule has 0 bridgehead atoms. The molecule has 0 saturated heterocycles. The summed E-state index contributed by atoms with van der Waals surface area (Å²) in [5.41, 5.74) is 7.69. The standard InChI is InChI=1S/C36H23NOS/c1-3-13-25(14-4-1)37(26-15-5-2-6-16-26)27-17-11-12-24(22-27)30-23-31-28-18-7-9-20-32(28)38-35(31)34-29-19-8-10-21-33(29)39-36(30)34/h1-23H. The van der Waals surface area contributed by atoms with Gasteiger partial charge < -0.3 is 9.32 Å². The van der Waals surface area contributed by atoms with Gasteiger partial charge in [-0.05, 0) is 60.2 Å². The molecule has 2 nitrogen and oxygen atoms in total. The molecule has 39 heavy (non-hydrogen) atoms. The molecule has 0 amide bonds. The molecule has 0 atom stereocenters. The van der Waals surface area contributed by atoms with Crippen molar-refractivity contribution in [3.05, 3.63) is 140 Å². The third-order valence-corrected chi connectivity index (χ3v) is 8.64. The number of anilines is 3. The highest BCUT2D eigenvalue weighted by Crippen LogP contribution is 2.47. The molecule has 184 valence electrons. The Kier molecular flexibility index (Phi) is 5.04. The minimum Gasteiger partial charge on any atom is -0.455 e. The molecule has 0 aliphatic heterocycles. The zero-order valence-electron chi connectivity index (χ0n) is 21.0. The van der Waals surface area contributed by atoms with E-state index in [4.69, 9.17) is 4.42 Å². The molecule has 2 aromatic heterocycles. The third-order valence-electron chi connectivity index (χ3n) is 7.43. The maximum atomic E-state index is 6.50. The van der Waals surface area contributed by atoms with Crippen molar-refractivity contribution in [2.75, 3.05) is 4.90 Å². The first-order valence-electron chi connectivity index (χ1n) is 13.1. The van der Waals surface area contributed by atoms with Crippen LogP contribution in [0, 0.1) is 0 Å². The second kappa shape index (κ2) is 8.87. The predicted octanol–water partition coefficient (Wildman–Crippen LogP) is 11.1. The number of furan rings is 1. The minimum atomic E-state index is 0.925. The Morgan fingerprint density at radius 3 is 1.92 bits per heavy atom. The highest BCUT2D eigenvalue weighted by atomic mass is 32.1. The quantitative estimate of drug-likeness (QED) is 0.231. The number of rotatable bonds is 4. The molecule has 0 fully saturated rings. The molecular formula is C36H23NOS. The molecule has 8 rings (SSSR count). The first-order valence-corrected chi connectivity index (χ1v) is 13.9. The van der Waals surface area contributed by atoms with Gasteiger partial charge in [-0.2, -0.15) is 0 Å². The number of para-hydroxylation sites is 3. The van der Waals surface area contributed by atoms with E-state index in [1.54, 1.807) is 0 Å². The molecule has 0 N–H and O–H groups in total.